The molecule has 3 rings (SSSR count). The van der Waals surface area contributed by atoms with Crippen LogP contribution in [0.15, 0.2) is 12.2 Å². The number of carbonyl (C=O) groups is 1. The van der Waals surface area contributed by atoms with Crippen LogP contribution in [0.4, 0.5) is 0 Å². The van der Waals surface area contributed by atoms with Crippen molar-refractivity contribution in [1.82, 2.24) is 0 Å². The van der Waals surface area contributed by atoms with Gasteiger partial charge < -0.3 is 5.73 Å². The zero-order chi connectivity index (χ0) is 10.1. The first-order valence-electron chi connectivity index (χ1n) is 5.63. The van der Waals surface area contributed by atoms with E-state index in [2.05, 4.69) is 12.2 Å². The van der Waals surface area contributed by atoms with Crippen molar-refractivity contribution in [3.05, 3.63) is 12.2 Å². The predicted molar refractivity (Wildman–Crippen MR) is 56.7 cm³/mol. The molecule has 2 nitrogen and oxygen atoms in total. The van der Waals surface area contributed by atoms with Gasteiger partial charge in [-0.25, -0.2) is 0 Å². The third-order valence-corrected chi connectivity index (χ3v) is 3.68. The van der Waals surface area contributed by atoms with Crippen LogP contribution in [0, 0.1) is 17.8 Å². The molecule has 3 aliphatic carbocycles. The summed E-state index contributed by atoms with van der Waals surface area (Å²) in [5.74, 6) is 2.21. The van der Waals surface area contributed by atoms with Crippen molar-refractivity contribution >= 4 is 5.78 Å². The number of carbonyl (C=O) groups excluding carboxylic acids is 1. The smallest absolute Gasteiger partial charge is 0.149 e. The second-order valence-electron chi connectivity index (χ2n) is 4.84. The lowest BCUT2D eigenvalue weighted by Crippen LogP contribution is -2.34. The van der Waals surface area contributed by atoms with Crippen molar-refractivity contribution in [2.24, 2.45) is 23.5 Å². The van der Waals surface area contributed by atoms with Gasteiger partial charge in [0.25, 0.3) is 0 Å². The van der Waals surface area contributed by atoms with E-state index in [0.29, 0.717) is 18.3 Å². The highest BCUT2D eigenvalue weighted by Crippen LogP contribution is 2.41. The third kappa shape index (κ3) is 1.90. The lowest BCUT2D eigenvalue weighted by molar-refractivity contribution is -0.121. The second kappa shape index (κ2) is 3.85. The Morgan fingerprint density at radius 1 is 1.50 bits per heavy atom. The fourth-order valence-electron chi connectivity index (χ4n) is 2.73. The van der Waals surface area contributed by atoms with Crippen LogP contribution in [-0.2, 0) is 4.79 Å². The Bertz CT molecular complexity index is 257. The first-order valence-corrected chi connectivity index (χ1v) is 5.63. The average molecular weight is 193 g/mol. The highest BCUT2D eigenvalue weighted by molar-refractivity contribution is 5.83. The summed E-state index contributed by atoms with van der Waals surface area (Å²) in [7, 11) is 0. The number of Topliss-reactive ketones (excluding diaryl/α,β-unsaturated/α-hetero) is 1. The summed E-state index contributed by atoms with van der Waals surface area (Å²) in [6, 6.07) is -0.278. The van der Waals surface area contributed by atoms with Gasteiger partial charge in [-0.1, -0.05) is 12.2 Å². The summed E-state index contributed by atoms with van der Waals surface area (Å²) in [4.78, 5) is 11.5. The summed E-state index contributed by atoms with van der Waals surface area (Å²) in [5, 5.41) is 0. The van der Waals surface area contributed by atoms with Crippen LogP contribution in [0.5, 0.6) is 0 Å². The number of allylic oxidation sites excluding steroid dienone is 2. The molecule has 2 heteroatoms. The molecule has 0 aliphatic heterocycles. The number of hydrogen-bond acceptors (Lipinski definition) is 2. The van der Waals surface area contributed by atoms with E-state index in [1.807, 2.05) is 0 Å². The summed E-state index contributed by atoms with van der Waals surface area (Å²) in [6.45, 7) is 1.79. The van der Waals surface area contributed by atoms with Gasteiger partial charge in [0.1, 0.15) is 5.78 Å². The third-order valence-electron chi connectivity index (χ3n) is 3.68. The van der Waals surface area contributed by atoms with Crippen LogP contribution in [0.3, 0.4) is 0 Å². The van der Waals surface area contributed by atoms with E-state index in [0.717, 1.165) is 5.92 Å². The number of rotatable bonds is 3. The van der Waals surface area contributed by atoms with Crippen LogP contribution in [0.25, 0.3) is 0 Å². The molecule has 0 aromatic carbocycles. The van der Waals surface area contributed by atoms with E-state index in [1.54, 1.807) is 6.92 Å². The molecule has 0 aromatic rings. The SMILES string of the molecule is C[C@H](N)C(=O)CC1CC2C=CC1CC2. The lowest BCUT2D eigenvalue weighted by Gasteiger charge is -2.38. The highest BCUT2D eigenvalue weighted by atomic mass is 16.1. The van der Waals surface area contributed by atoms with E-state index >= 15 is 0 Å². The van der Waals surface area contributed by atoms with E-state index in [-0.39, 0.29) is 11.8 Å². The topological polar surface area (TPSA) is 43.1 Å². The molecule has 0 heterocycles. The van der Waals surface area contributed by atoms with E-state index in [1.165, 1.54) is 19.3 Å². The molecule has 2 bridgehead atoms. The first-order chi connectivity index (χ1) is 6.66. The first kappa shape index (κ1) is 9.91. The van der Waals surface area contributed by atoms with Crippen molar-refractivity contribution in [2.45, 2.75) is 38.6 Å². The molecule has 1 saturated carbocycles. The van der Waals surface area contributed by atoms with Gasteiger partial charge in [0.05, 0.1) is 6.04 Å². The molecule has 0 spiro atoms. The van der Waals surface area contributed by atoms with Gasteiger partial charge in [-0.3, -0.25) is 4.79 Å². The maximum atomic E-state index is 11.5. The molecule has 4 atom stereocenters. The Labute approximate surface area is 85.6 Å². The van der Waals surface area contributed by atoms with Gasteiger partial charge in [0.2, 0.25) is 0 Å². The van der Waals surface area contributed by atoms with E-state index in [9.17, 15) is 4.79 Å². The molecule has 3 unspecified atom stereocenters. The second-order valence-corrected chi connectivity index (χ2v) is 4.84. The molecular weight excluding hydrogens is 174 g/mol. The quantitative estimate of drug-likeness (QED) is 0.696. The summed E-state index contributed by atoms with van der Waals surface area (Å²) in [6.07, 6.45) is 9.16. The molecule has 1 fully saturated rings. The number of fused-ring (bicyclic) bond motifs is 2. The van der Waals surface area contributed by atoms with Crippen LogP contribution in [-0.4, -0.2) is 11.8 Å². The molecule has 14 heavy (non-hydrogen) atoms. The minimum absolute atomic E-state index is 0.232. The monoisotopic (exact) mass is 193 g/mol. The zero-order valence-corrected chi connectivity index (χ0v) is 8.78. The van der Waals surface area contributed by atoms with Crippen LogP contribution in [0.2, 0.25) is 0 Å². The Morgan fingerprint density at radius 3 is 2.71 bits per heavy atom. The van der Waals surface area contributed by atoms with Gasteiger partial charge >= 0.3 is 0 Å². The van der Waals surface area contributed by atoms with Crippen molar-refractivity contribution in [3.8, 4) is 0 Å². The minimum Gasteiger partial charge on any atom is -0.322 e. The van der Waals surface area contributed by atoms with E-state index < -0.39 is 0 Å². The van der Waals surface area contributed by atoms with Crippen LogP contribution >= 0.6 is 0 Å². The van der Waals surface area contributed by atoms with Crippen LogP contribution in [0.1, 0.15) is 32.6 Å². The summed E-state index contributed by atoms with van der Waals surface area (Å²) in [5.41, 5.74) is 5.58. The maximum absolute atomic E-state index is 11.5. The maximum Gasteiger partial charge on any atom is 0.149 e. The van der Waals surface area contributed by atoms with Crippen molar-refractivity contribution in [3.63, 3.8) is 0 Å². The van der Waals surface area contributed by atoms with Gasteiger partial charge in [0, 0.05) is 6.42 Å². The van der Waals surface area contributed by atoms with Gasteiger partial charge in [-0.2, -0.15) is 0 Å². The van der Waals surface area contributed by atoms with Gasteiger partial charge in [0.15, 0.2) is 0 Å². The van der Waals surface area contributed by atoms with Crippen molar-refractivity contribution < 1.29 is 4.79 Å². The fourth-order valence-corrected chi connectivity index (χ4v) is 2.73. The Morgan fingerprint density at radius 2 is 2.29 bits per heavy atom. The highest BCUT2D eigenvalue weighted by Gasteiger charge is 2.33. The minimum atomic E-state index is -0.278. The molecular formula is C12H19NO. The van der Waals surface area contributed by atoms with Gasteiger partial charge in [-0.15, -0.1) is 0 Å². The van der Waals surface area contributed by atoms with Gasteiger partial charge in [-0.05, 0) is 43.9 Å². The molecule has 3 aliphatic rings. The fraction of sp³-hybridized carbons (Fsp3) is 0.750. The Hall–Kier alpha value is -0.630. The number of ketones is 1. The Balaban J connectivity index is 1.94. The number of hydrogen-bond donors (Lipinski definition) is 1. The zero-order valence-electron chi connectivity index (χ0n) is 8.78. The van der Waals surface area contributed by atoms with E-state index in [4.69, 9.17) is 5.73 Å². The largest absolute Gasteiger partial charge is 0.322 e. The molecule has 78 valence electrons. The standard InChI is InChI=1S/C12H19NO/c1-8(13)12(14)7-11-6-9-2-4-10(11)5-3-9/h2,4,8-11H,3,5-7,13H2,1H3/t8-,9?,10?,11?/m0/s1. The molecule has 0 saturated heterocycles. The summed E-state index contributed by atoms with van der Waals surface area (Å²) < 4.78 is 0. The van der Waals surface area contributed by atoms with Crippen molar-refractivity contribution in [1.29, 1.82) is 0 Å². The Kier molecular flexibility index (Phi) is 2.73. The molecule has 2 N–H and O–H groups in total. The van der Waals surface area contributed by atoms with Crippen LogP contribution < -0.4 is 5.73 Å². The average Bonchev–Trinajstić information content (AvgIpc) is 2.19. The number of nitrogens with two attached hydrogens (primary N) is 1. The summed E-state index contributed by atoms with van der Waals surface area (Å²) >= 11 is 0. The molecule has 0 radical (unpaired) electrons. The molecule has 0 amide bonds. The lowest BCUT2D eigenvalue weighted by atomic mass is 9.67. The van der Waals surface area contributed by atoms with Crippen molar-refractivity contribution in [2.75, 3.05) is 0 Å². The normalized spacial score (nSPS) is 37.1. The predicted octanol–water partition coefficient (Wildman–Crippen LogP) is 1.90. The molecule has 0 aromatic heterocycles.